The van der Waals surface area contributed by atoms with Crippen LogP contribution >= 0.6 is 23.2 Å². The molecule has 0 aromatic heterocycles. The van der Waals surface area contributed by atoms with Crippen molar-refractivity contribution in [2.75, 3.05) is 23.7 Å². The highest BCUT2D eigenvalue weighted by atomic mass is 35.5. The summed E-state index contributed by atoms with van der Waals surface area (Å²) in [7, 11) is -3.33. The van der Waals surface area contributed by atoms with E-state index in [0.29, 0.717) is 28.7 Å². The van der Waals surface area contributed by atoms with E-state index in [1.165, 1.54) is 4.90 Å². The van der Waals surface area contributed by atoms with Crippen LogP contribution in [0.2, 0.25) is 10.0 Å². The molecule has 144 valence electrons. The molecule has 2 rings (SSSR count). The fraction of sp³-hybridized carbons (Fsp3) is 0.529. The molecule has 1 aromatic carbocycles. The van der Waals surface area contributed by atoms with Crippen molar-refractivity contribution >= 4 is 50.5 Å². The van der Waals surface area contributed by atoms with Crippen molar-refractivity contribution in [1.29, 1.82) is 0 Å². The monoisotopic (exact) mass is 420 g/mol. The lowest BCUT2D eigenvalue weighted by Gasteiger charge is -2.20. The van der Waals surface area contributed by atoms with Gasteiger partial charge in [0, 0.05) is 18.8 Å². The van der Waals surface area contributed by atoms with Gasteiger partial charge in [0.25, 0.3) is 0 Å². The van der Waals surface area contributed by atoms with Crippen LogP contribution in [-0.4, -0.2) is 43.8 Å². The van der Waals surface area contributed by atoms with Crippen molar-refractivity contribution in [3.8, 4) is 0 Å². The van der Waals surface area contributed by atoms with E-state index in [9.17, 15) is 18.0 Å². The van der Waals surface area contributed by atoms with Crippen LogP contribution in [0.15, 0.2) is 18.2 Å². The number of carbonyl (C=O) groups excluding carboxylic acids is 2. The first-order valence-electron chi connectivity index (χ1n) is 8.20. The Labute approximate surface area is 163 Å². The molecule has 0 bridgehead atoms. The van der Waals surface area contributed by atoms with Crippen molar-refractivity contribution in [3.05, 3.63) is 28.2 Å². The first kappa shape index (κ1) is 21.0. The lowest BCUT2D eigenvalue weighted by Crippen LogP contribution is -2.40. The summed E-state index contributed by atoms with van der Waals surface area (Å²) in [5.74, 6) is -1.79. The summed E-state index contributed by atoms with van der Waals surface area (Å²) in [4.78, 5) is 26.3. The van der Waals surface area contributed by atoms with Crippen molar-refractivity contribution in [1.82, 2.24) is 5.32 Å². The fourth-order valence-electron chi connectivity index (χ4n) is 2.57. The van der Waals surface area contributed by atoms with Gasteiger partial charge in [-0.05, 0) is 45.4 Å². The molecule has 1 unspecified atom stereocenters. The van der Waals surface area contributed by atoms with E-state index in [4.69, 9.17) is 23.2 Å². The minimum Gasteiger partial charge on any atom is -0.354 e. The Balaban J connectivity index is 1.97. The maximum Gasteiger partial charge on any atom is 0.239 e. The number of rotatable bonds is 5. The molecule has 1 heterocycles. The summed E-state index contributed by atoms with van der Waals surface area (Å²) in [5, 5.41) is 3.28. The Morgan fingerprint density at radius 1 is 1.27 bits per heavy atom. The van der Waals surface area contributed by atoms with Gasteiger partial charge in [-0.3, -0.25) is 9.59 Å². The molecule has 1 aliphatic heterocycles. The highest BCUT2D eigenvalue weighted by Crippen LogP contribution is 2.31. The van der Waals surface area contributed by atoms with Crippen LogP contribution in [0.3, 0.4) is 0 Å². The van der Waals surface area contributed by atoms with Crippen LogP contribution in [0.5, 0.6) is 0 Å². The molecule has 9 heteroatoms. The van der Waals surface area contributed by atoms with E-state index in [0.717, 1.165) is 0 Å². The number of hydrogen-bond donors (Lipinski definition) is 1. The second-order valence-corrected chi connectivity index (χ2v) is 10.8. The van der Waals surface area contributed by atoms with Gasteiger partial charge in [-0.1, -0.05) is 23.2 Å². The Morgan fingerprint density at radius 2 is 1.92 bits per heavy atom. The van der Waals surface area contributed by atoms with Crippen molar-refractivity contribution in [2.24, 2.45) is 5.92 Å². The van der Waals surface area contributed by atoms with E-state index in [2.05, 4.69) is 5.32 Å². The van der Waals surface area contributed by atoms with Crippen molar-refractivity contribution in [2.45, 2.75) is 31.9 Å². The first-order chi connectivity index (χ1) is 11.9. The highest BCUT2D eigenvalue weighted by Gasteiger charge is 2.38. The number of nitrogens with one attached hydrogen (secondary N) is 1. The second-order valence-electron chi connectivity index (χ2n) is 7.15. The quantitative estimate of drug-likeness (QED) is 0.741. The molecule has 0 saturated carbocycles. The summed E-state index contributed by atoms with van der Waals surface area (Å²) >= 11 is 11.9. The lowest BCUT2D eigenvalue weighted by atomic mass is 10.1. The van der Waals surface area contributed by atoms with Crippen LogP contribution in [0.1, 0.15) is 27.2 Å². The topological polar surface area (TPSA) is 83.6 Å². The maximum atomic E-state index is 12.5. The lowest BCUT2D eigenvalue weighted by molar-refractivity contribution is -0.132. The fourth-order valence-corrected chi connectivity index (χ4v) is 3.85. The van der Waals surface area contributed by atoms with E-state index < -0.39 is 26.4 Å². The van der Waals surface area contributed by atoms with Gasteiger partial charge in [0.1, 0.15) is 5.92 Å². The Morgan fingerprint density at radius 3 is 2.50 bits per heavy atom. The summed E-state index contributed by atoms with van der Waals surface area (Å²) in [6.45, 7) is 5.20. The molecule has 1 atom stereocenters. The van der Waals surface area contributed by atoms with E-state index >= 15 is 0 Å². The van der Waals surface area contributed by atoms with Gasteiger partial charge in [-0.25, -0.2) is 8.42 Å². The molecule has 1 saturated heterocycles. The normalized spacial score (nSPS) is 18.3. The minimum atomic E-state index is -3.33. The molecule has 1 fully saturated rings. The number of nitrogens with zero attached hydrogens (tertiary/aromatic N) is 1. The van der Waals surface area contributed by atoms with Crippen LogP contribution in [0.25, 0.3) is 0 Å². The van der Waals surface area contributed by atoms with Crippen LogP contribution in [-0.2, 0) is 19.4 Å². The summed E-state index contributed by atoms with van der Waals surface area (Å²) in [6.07, 6.45) is 0.358. The average Bonchev–Trinajstić information content (AvgIpc) is 2.90. The van der Waals surface area contributed by atoms with Crippen molar-refractivity contribution in [3.63, 3.8) is 0 Å². The largest absolute Gasteiger partial charge is 0.354 e. The van der Waals surface area contributed by atoms with Gasteiger partial charge in [0.05, 0.1) is 20.5 Å². The highest BCUT2D eigenvalue weighted by molar-refractivity contribution is 7.92. The van der Waals surface area contributed by atoms with Gasteiger partial charge in [-0.15, -0.1) is 0 Å². The van der Waals surface area contributed by atoms with E-state index in [-0.39, 0.29) is 18.2 Å². The zero-order chi connectivity index (χ0) is 19.7. The zero-order valence-corrected chi connectivity index (χ0v) is 17.2. The molecule has 26 heavy (non-hydrogen) atoms. The molecular formula is C17H22Cl2N2O4S. The van der Waals surface area contributed by atoms with Gasteiger partial charge >= 0.3 is 0 Å². The van der Waals surface area contributed by atoms with Gasteiger partial charge in [0.2, 0.25) is 11.8 Å². The van der Waals surface area contributed by atoms with Gasteiger partial charge < -0.3 is 10.2 Å². The number of amides is 2. The molecule has 1 N–H and O–H groups in total. The zero-order valence-electron chi connectivity index (χ0n) is 14.9. The third kappa shape index (κ3) is 4.50. The third-order valence-corrected chi connectivity index (χ3v) is 7.69. The van der Waals surface area contributed by atoms with Crippen LogP contribution in [0, 0.1) is 5.92 Å². The number of hydrogen-bond acceptors (Lipinski definition) is 4. The third-order valence-electron chi connectivity index (χ3n) is 4.34. The van der Waals surface area contributed by atoms with Gasteiger partial charge in [0.15, 0.2) is 9.84 Å². The predicted molar refractivity (Wildman–Crippen MR) is 103 cm³/mol. The first-order valence-corrected chi connectivity index (χ1v) is 10.6. The number of benzene rings is 1. The Kier molecular flexibility index (Phi) is 6.25. The summed E-state index contributed by atoms with van der Waals surface area (Å²) < 4.78 is 23.2. The number of sulfone groups is 1. The molecular weight excluding hydrogens is 399 g/mol. The van der Waals surface area contributed by atoms with Crippen molar-refractivity contribution < 1.29 is 18.0 Å². The van der Waals surface area contributed by atoms with E-state index in [1.54, 1.807) is 39.0 Å². The second kappa shape index (κ2) is 7.74. The minimum absolute atomic E-state index is 0.0189. The summed E-state index contributed by atoms with van der Waals surface area (Å²) in [5.41, 5.74) is 0.579. The number of anilines is 1. The molecule has 1 aliphatic rings. The summed E-state index contributed by atoms with van der Waals surface area (Å²) in [6, 6.07) is 4.84. The van der Waals surface area contributed by atoms with Crippen LogP contribution in [0.4, 0.5) is 5.69 Å². The SMILES string of the molecule is CC(C)(C)S(=O)(=O)CCNC(=O)C1CCN(c2ccc(Cl)c(Cl)c2)C1=O. The molecule has 0 spiro atoms. The molecule has 0 aliphatic carbocycles. The molecule has 2 amide bonds. The van der Waals surface area contributed by atoms with E-state index in [1.807, 2.05) is 0 Å². The standard InChI is InChI=1S/C17H22Cl2N2O4S/c1-17(2,3)26(24,25)9-7-20-15(22)12-6-8-21(16(12)23)11-4-5-13(18)14(19)10-11/h4-5,10,12H,6-9H2,1-3H3,(H,20,22). The van der Waals surface area contributed by atoms with Crippen LogP contribution < -0.4 is 10.2 Å². The number of halogens is 2. The smallest absolute Gasteiger partial charge is 0.239 e. The maximum absolute atomic E-state index is 12.5. The average molecular weight is 421 g/mol. The Hall–Kier alpha value is -1.31. The molecule has 6 nitrogen and oxygen atoms in total. The molecule has 1 aromatic rings. The number of carbonyl (C=O) groups is 2. The predicted octanol–water partition coefficient (Wildman–Crippen LogP) is 2.68. The Bertz CT molecular complexity index is 819. The molecule has 0 radical (unpaired) electrons. The van der Waals surface area contributed by atoms with Gasteiger partial charge in [-0.2, -0.15) is 0 Å².